The molecule has 3 rings (SSSR count). The van der Waals surface area contributed by atoms with Crippen LogP contribution in [0.25, 0.3) is 10.6 Å². The molecule has 1 aromatic carbocycles. The summed E-state index contributed by atoms with van der Waals surface area (Å²) in [4.78, 5) is 0. The van der Waals surface area contributed by atoms with Gasteiger partial charge in [-0.3, -0.25) is 0 Å². The van der Waals surface area contributed by atoms with Crippen LogP contribution >= 0.6 is 50.2 Å². The predicted molar refractivity (Wildman–Crippen MR) is 85.1 cm³/mol. The van der Waals surface area contributed by atoms with Crippen LogP contribution in [0.4, 0.5) is 0 Å². The lowest BCUT2D eigenvalue weighted by atomic mass is 10.1. The first-order valence-corrected chi connectivity index (χ1v) is 8.43. The average molecular weight is 372 g/mol. The Morgan fingerprint density at radius 2 is 1.95 bits per heavy atom. The highest BCUT2D eigenvalue weighted by molar-refractivity contribution is 9.11. The van der Waals surface area contributed by atoms with E-state index in [0.717, 1.165) is 24.9 Å². The summed E-state index contributed by atoms with van der Waals surface area (Å²) in [7, 11) is 0. The molecule has 19 heavy (non-hydrogen) atoms. The number of benzene rings is 1. The minimum absolute atomic E-state index is 0.241. The third-order valence-electron chi connectivity index (χ3n) is 2.56. The van der Waals surface area contributed by atoms with Crippen LogP contribution < -0.4 is 0 Å². The zero-order chi connectivity index (χ0) is 13.2. The lowest BCUT2D eigenvalue weighted by Gasteiger charge is -2.04. The van der Waals surface area contributed by atoms with Gasteiger partial charge in [-0.15, -0.1) is 33.1 Å². The molecular formula is C13H8BrClN2S2. The highest BCUT2D eigenvalue weighted by Crippen LogP contribution is 2.36. The van der Waals surface area contributed by atoms with Crippen LogP contribution in [0.2, 0.25) is 0 Å². The maximum absolute atomic E-state index is 6.44. The molecule has 0 aliphatic carbocycles. The number of aromatic nitrogens is 2. The number of rotatable bonds is 3. The minimum atomic E-state index is -0.241. The van der Waals surface area contributed by atoms with Crippen molar-refractivity contribution in [2.45, 2.75) is 5.38 Å². The van der Waals surface area contributed by atoms with E-state index in [1.807, 2.05) is 36.4 Å². The van der Waals surface area contributed by atoms with Gasteiger partial charge in [-0.25, -0.2) is 0 Å². The molecular weight excluding hydrogens is 364 g/mol. The van der Waals surface area contributed by atoms with Crippen LogP contribution in [-0.4, -0.2) is 10.2 Å². The van der Waals surface area contributed by atoms with E-state index in [4.69, 9.17) is 11.6 Å². The van der Waals surface area contributed by atoms with Crippen molar-refractivity contribution in [3.8, 4) is 10.6 Å². The van der Waals surface area contributed by atoms with Crippen molar-refractivity contribution in [3.05, 3.63) is 56.1 Å². The quantitative estimate of drug-likeness (QED) is 0.579. The van der Waals surface area contributed by atoms with E-state index in [-0.39, 0.29) is 5.38 Å². The monoisotopic (exact) mass is 370 g/mol. The molecule has 0 saturated heterocycles. The van der Waals surface area contributed by atoms with E-state index in [1.54, 1.807) is 11.3 Å². The molecule has 0 N–H and O–H groups in total. The van der Waals surface area contributed by atoms with Crippen molar-refractivity contribution in [1.29, 1.82) is 0 Å². The molecule has 0 fully saturated rings. The Morgan fingerprint density at radius 3 is 2.63 bits per heavy atom. The van der Waals surface area contributed by atoms with E-state index in [9.17, 15) is 0 Å². The van der Waals surface area contributed by atoms with Gasteiger partial charge in [-0.1, -0.05) is 41.7 Å². The zero-order valence-corrected chi connectivity index (χ0v) is 13.6. The third kappa shape index (κ3) is 2.89. The van der Waals surface area contributed by atoms with Crippen LogP contribution in [0.3, 0.4) is 0 Å². The van der Waals surface area contributed by atoms with Crippen molar-refractivity contribution >= 4 is 50.2 Å². The first kappa shape index (κ1) is 13.2. The number of nitrogens with zero attached hydrogens (tertiary/aromatic N) is 2. The topological polar surface area (TPSA) is 25.8 Å². The number of halogens is 2. The summed E-state index contributed by atoms with van der Waals surface area (Å²) < 4.78 is 1.09. The summed E-state index contributed by atoms with van der Waals surface area (Å²) in [5.74, 6) is 0. The van der Waals surface area contributed by atoms with Gasteiger partial charge in [-0.05, 0) is 27.6 Å². The van der Waals surface area contributed by atoms with Crippen LogP contribution in [-0.2, 0) is 0 Å². The second-order valence-electron chi connectivity index (χ2n) is 3.86. The molecule has 1 unspecified atom stereocenters. The summed E-state index contributed by atoms with van der Waals surface area (Å²) in [5, 5.41) is 12.0. The molecule has 3 aromatic rings. The second-order valence-corrected chi connectivity index (χ2v) is 7.59. The highest BCUT2D eigenvalue weighted by Gasteiger charge is 2.17. The number of alkyl halides is 1. The van der Waals surface area contributed by atoms with Gasteiger partial charge in [0.1, 0.15) is 15.4 Å². The summed E-state index contributed by atoms with van der Waals surface area (Å²) in [5.41, 5.74) is 2.12. The predicted octanol–water partition coefficient (Wildman–Crippen LogP) is 5.36. The summed E-state index contributed by atoms with van der Waals surface area (Å²) in [6.07, 6.45) is 0. The van der Waals surface area contributed by atoms with Crippen LogP contribution in [0.5, 0.6) is 0 Å². The molecule has 0 aliphatic rings. The Morgan fingerprint density at radius 1 is 1.16 bits per heavy atom. The van der Waals surface area contributed by atoms with E-state index < -0.39 is 0 Å². The van der Waals surface area contributed by atoms with Crippen molar-refractivity contribution in [3.63, 3.8) is 0 Å². The van der Waals surface area contributed by atoms with Crippen molar-refractivity contribution in [1.82, 2.24) is 10.2 Å². The molecule has 2 nitrogen and oxygen atoms in total. The molecule has 0 saturated carbocycles. The number of thiophene rings is 1. The van der Waals surface area contributed by atoms with Gasteiger partial charge in [0.05, 0.1) is 3.79 Å². The number of hydrogen-bond donors (Lipinski definition) is 0. The molecule has 0 bridgehead atoms. The maximum atomic E-state index is 6.44. The van der Waals surface area contributed by atoms with Gasteiger partial charge < -0.3 is 0 Å². The maximum Gasteiger partial charge on any atom is 0.148 e. The van der Waals surface area contributed by atoms with Gasteiger partial charge in [0, 0.05) is 10.9 Å². The number of hydrogen-bond acceptors (Lipinski definition) is 4. The zero-order valence-electron chi connectivity index (χ0n) is 9.59. The minimum Gasteiger partial charge on any atom is -0.141 e. The average Bonchev–Trinajstić information content (AvgIpc) is 3.07. The Balaban J connectivity index is 1.89. The Hall–Kier alpha value is -0.750. The fraction of sp³-hybridized carbons (Fsp3) is 0.0769. The molecule has 0 amide bonds. The Kier molecular flexibility index (Phi) is 3.98. The normalized spacial score (nSPS) is 12.5. The summed E-state index contributed by atoms with van der Waals surface area (Å²) in [6.45, 7) is 0. The molecule has 96 valence electrons. The third-order valence-corrected chi connectivity index (χ3v) is 5.69. The fourth-order valence-electron chi connectivity index (χ4n) is 1.64. The SMILES string of the molecule is ClC(c1ccccc1)c1nnc(-c2csc(Br)c2)s1. The van der Waals surface area contributed by atoms with Gasteiger partial charge in [-0.2, -0.15) is 0 Å². The lowest BCUT2D eigenvalue weighted by molar-refractivity contribution is 0.988. The summed E-state index contributed by atoms with van der Waals surface area (Å²) >= 11 is 13.1. The van der Waals surface area contributed by atoms with E-state index >= 15 is 0 Å². The first-order chi connectivity index (χ1) is 9.24. The van der Waals surface area contributed by atoms with Crippen LogP contribution in [0.15, 0.2) is 45.6 Å². The molecule has 0 spiro atoms. The molecule has 1 atom stereocenters. The van der Waals surface area contributed by atoms with E-state index in [1.165, 1.54) is 11.3 Å². The van der Waals surface area contributed by atoms with Crippen LogP contribution in [0.1, 0.15) is 15.9 Å². The van der Waals surface area contributed by atoms with Crippen LogP contribution in [0, 0.1) is 0 Å². The summed E-state index contributed by atoms with van der Waals surface area (Å²) in [6, 6.07) is 12.0. The molecule has 6 heteroatoms. The smallest absolute Gasteiger partial charge is 0.141 e. The molecule has 2 heterocycles. The largest absolute Gasteiger partial charge is 0.148 e. The lowest BCUT2D eigenvalue weighted by Crippen LogP contribution is -1.91. The second kappa shape index (κ2) is 5.71. The molecule has 2 aromatic heterocycles. The fourth-order valence-corrected chi connectivity index (χ4v) is 4.02. The molecule has 0 aliphatic heterocycles. The van der Waals surface area contributed by atoms with Gasteiger partial charge in [0.25, 0.3) is 0 Å². The Bertz CT molecular complexity index is 681. The van der Waals surface area contributed by atoms with Gasteiger partial charge in [0.2, 0.25) is 0 Å². The van der Waals surface area contributed by atoms with Gasteiger partial charge >= 0.3 is 0 Å². The van der Waals surface area contributed by atoms with Crippen molar-refractivity contribution < 1.29 is 0 Å². The standard InChI is InChI=1S/C13H8BrClN2S2/c14-10-6-9(7-18-10)12-16-17-13(19-12)11(15)8-4-2-1-3-5-8/h1-7,11H. The molecule has 0 radical (unpaired) electrons. The van der Waals surface area contributed by atoms with Crippen molar-refractivity contribution in [2.24, 2.45) is 0 Å². The highest BCUT2D eigenvalue weighted by atomic mass is 79.9. The first-order valence-electron chi connectivity index (χ1n) is 5.51. The van der Waals surface area contributed by atoms with E-state index in [2.05, 4.69) is 31.5 Å². The van der Waals surface area contributed by atoms with E-state index in [0.29, 0.717) is 0 Å². The Labute approximate surface area is 132 Å². The van der Waals surface area contributed by atoms with Gasteiger partial charge in [0.15, 0.2) is 0 Å². The van der Waals surface area contributed by atoms with Crippen molar-refractivity contribution in [2.75, 3.05) is 0 Å².